The number of furan rings is 1. The van der Waals surface area contributed by atoms with Gasteiger partial charge < -0.3 is 8.98 Å². The van der Waals surface area contributed by atoms with E-state index in [1.165, 1.54) is 5.39 Å². The van der Waals surface area contributed by atoms with Crippen LogP contribution < -0.4 is 0 Å². The van der Waals surface area contributed by atoms with E-state index in [9.17, 15) is 0 Å². The Labute approximate surface area is 326 Å². The number of rotatable bonds is 5. The van der Waals surface area contributed by atoms with Crippen molar-refractivity contribution in [2.75, 3.05) is 0 Å². The molecule has 0 radical (unpaired) electrons. The van der Waals surface area contributed by atoms with Gasteiger partial charge in [-0.2, -0.15) is 9.97 Å². The van der Waals surface area contributed by atoms with Gasteiger partial charge in [0.25, 0.3) is 0 Å². The third-order valence-electron chi connectivity index (χ3n) is 11.2. The zero-order valence-electron chi connectivity index (χ0n) is 30.5. The van der Waals surface area contributed by atoms with Crippen LogP contribution in [0.3, 0.4) is 0 Å². The predicted octanol–water partition coefficient (Wildman–Crippen LogP) is 13.0. The first-order chi connectivity index (χ1) is 28.3. The molecule has 0 spiro atoms. The maximum atomic E-state index is 6.76. The molecule has 8 aromatic carbocycles. The maximum absolute atomic E-state index is 6.76. The lowest BCUT2D eigenvalue weighted by Gasteiger charge is -2.13. The fourth-order valence-corrected chi connectivity index (χ4v) is 8.64. The Morgan fingerprint density at radius 1 is 0.368 bits per heavy atom. The average molecular weight is 730 g/mol. The Morgan fingerprint density at radius 3 is 1.65 bits per heavy atom. The van der Waals surface area contributed by atoms with Gasteiger partial charge in [-0.1, -0.05) is 146 Å². The van der Waals surface area contributed by atoms with E-state index in [0.717, 1.165) is 88.1 Å². The molecule has 266 valence electrons. The summed E-state index contributed by atoms with van der Waals surface area (Å²) in [5.41, 5.74) is 10.8. The van der Waals surface area contributed by atoms with Crippen molar-refractivity contribution in [3.8, 4) is 45.5 Å². The van der Waals surface area contributed by atoms with E-state index in [4.69, 9.17) is 19.4 Å². The van der Waals surface area contributed by atoms with Crippen molar-refractivity contribution < 1.29 is 4.42 Å². The molecule has 0 fully saturated rings. The van der Waals surface area contributed by atoms with E-state index in [-0.39, 0.29) is 0 Å². The van der Waals surface area contributed by atoms with Crippen molar-refractivity contribution in [1.82, 2.24) is 24.1 Å². The zero-order chi connectivity index (χ0) is 37.5. The molecule has 0 saturated heterocycles. The number of fused-ring (bicyclic) bond motifs is 10. The van der Waals surface area contributed by atoms with Crippen LogP contribution in [0, 0.1) is 0 Å². The van der Waals surface area contributed by atoms with Crippen LogP contribution >= 0.6 is 0 Å². The highest BCUT2D eigenvalue weighted by Gasteiger charge is 2.24. The van der Waals surface area contributed by atoms with Crippen molar-refractivity contribution >= 4 is 65.6 Å². The van der Waals surface area contributed by atoms with Gasteiger partial charge in [0.1, 0.15) is 11.2 Å². The Balaban J connectivity index is 1.18. The molecule has 0 bridgehead atoms. The van der Waals surface area contributed by atoms with Crippen molar-refractivity contribution in [3.05, 3.63) is 188 Å². The van der Waals surface area contributed by atoms with E-state index < -0.39 is 0 Å². The molecule has 0 amide bonds. The molecule has 4 heterocycles. The molecule has 6 heteroatoms. The van der Waals surface area contributed by atoms with Gasteiger partial charge in [0.05, 0.1) is 27.6 Å². The van der Waals surface area contributed by atoms with Crippen LogP contribution in [0.2, 0.25) is 0 Å². The van der Waals surface area contributed by atoms with E-state index in [0.29, 0.717) is 17.6 Å². The Morgan fingerprint density at radius 2 is 0.930 bits per heavy atom. The number of aromatic nitrogens is 5. The molecule has 6 nitrogen and oxygen atoms in total. The van der Waals surface area contributed by atoms with Gasteiger partial charge in [-0.05, 0) is 53.6 Å². The van der Waals surface area contributed by atoms with Crippen LogP contribution in [-0.2, 0) is 0 Å². The van der Waals surface area contributed by atoms with Crippen molar-refractivity contribution in [2.45, 2.75) is 0 Å². The number of hydrogen-bond donors (Lipinski definition) is 0. The minimum atomic E-state index is 0.530. The number of para-hydroxylation sites is 4. The average Bonchev–Trinajstić information content (AvgIpc) is 3.95. The second-order valence-electron chi connectivity index (χ2n) is 14.4. The summed E-state index contributed by atoms with van der Waals surface area (Å²) >= 11 is 0. The molecule has 0 saturated carbocycles. The van der Waals surface area contributed by atoms with E-state index in [1.807, 2.05) is 42.5 Å². The minimum Gasteiger partial charge on any atom is -0.455 e. The van der Waals surface area contributed by atoms with Crippen LogP contribution in [0.5, 0.6) is 0 Å². The molecule has 0 N–H and O–H groups in total. The monoisotopic (exact) mass is 729 g/mol. The summed E-state index contributed by atoms with van der Waals surface area (Å²) in [6.07, 6.45) is 0. The number of nitrogens with zero attached hydrogens (tertiary/aromatic N) is 5. The summed E-state index contributed by atoms with van der Waals surface area (Å²) in [5.74, 6) is 1.65. The maximum Gasteiger partial charge on any atom is 0.238 e. The third-order valence-corrected chi connectivity index (χ3v) is 11.2. The molecule has 0 atom stereocenters. The summed E-state index contributed by atoms with van der Waals surface area (Å²) in [6, 6.07) is 65.5. The summed E-state index contributed by atoms with van der Waals surface area (Å²) < 4.78 is 11.4. The third kappa shape index (κ3) is 4.81. The van der Waals surface area contributed by atoms with Crippen LogP contribution in [-0.4, -0.2) is 24.1 Å². The predicted molar refractivity (Wildman–Crippen MR) is 232 cm³/mol. The normalized spacial score (nSPS) is 11.9. The summed E-state index contributed by atoms with van der Waals surface area (Å²) in [7, 11) is 0. The van der Waals surface area contributed by atoms with E-state index in [2.05, 4.69) is 155 Å². The highest BCUT2D eigenvalue weighted by molar-refractivity contribution is 6.23. The first kappa shape index (κ1) is 31.5. The van der Waals surface area contributed by atoms with Crippen molar-refractivity contribution in [3.63, 3.8) is 0 Å². The van der Waals surface area contributed by atoms with Crippen LogP contribution in [0.4, 0.5) is 0 Å². The Bertz CT molecular complexity index is 3510. The SMILES string of the molecule is c1ccc(-c2ccc3c(c2)oc2c(-c4nc(-c5ccccc5)nc(-n5c6ccccc6c6ccc7c8ccccc8n(-c8ccccc8)c7c65)n4)cccc23)cc1. The topological polar surface area (TPSA) is 61.7 Å². The van der Waals surface area contributed by atoms with Crippen LogP contribution in [0.15, 0.2) is 192 Å². The highest BCUT2D eigenvalue weighted by Crippen LogP contribution is 2.42. The van der Waals surface area contributed by atoms with Gasteiger partial charge in [-0.3, -0.25) is 4.57 Å². The first-order valence-electron chi connectivity index (χ1n) is 19.1. The molecule has 0 aliphatic carbocycles. The number of hydrogen-bond acceptors (Lipinski definition) is 4. The highest BCUT2D eigenvalue weighted by atomic mass is 16.3. The lowest BCUT2D eigenvalue weighted by molar-refractivity contribution is 0.669. The smallest absolute Gasteiger partial charge is 0.238 e. The molecular formula is C51H31N5O. The van der Waals surface area contributed by atoms with Gasteiger partial charge >= 0.3 is 0 Å². The first-order valence-corrected chi connectivity index (χ1v) is 19.1. The standard InChI is InChI=1S/C51H31N5O/c1-4-15-32(16-5-1)34-27-28-38-41-23-14-24-42(48(41)57-45(38)31-34)50-52-49(33-17-6-2-7-18-33)53-51(54-50)56-44-26-13-11-22-37(44)40-30-29-39-36-21-10-12-25-43(36)55(46(39)47(40)56)35-19-8-3-9-20-35/h1-31H. The van der Waals surface area contributed by atoms with Gasteiger partial charge in [0.15, 0.2) is 11.6 Å². The van der Waals surface area contributed by atoms with Gasteiger partial charge in [-0.25, -0.2) is 4.98 Å². The van der Waals surface area contributed by atoms with E-state index >= 15 is 0 Å². The fourth-order valence-electron chi connectivity index (χ4n) is 8.64. The molecule has 0 aliphatic heterocycles. The molecule has 12 aromatic rings. The van der Waals surface area contributed by atoms with Gasteiger partial charge in [-0.15, -0.1) is 0 Å². The molecule has 0 aliphatic rings. The fraction of sp³-hybridized carbons (Fsp3) is 0. The second kappa shape index (κ2) is 12.3. The van der Waals surface area contributed by atoms with Gasteiger partial charge in [0.2, 0.25) is 5.95 Å². The Kier molecular flexibility index (Phi) is 6.83. The second-order valence-corrected chi connectivity index (χ2v) is 14.4. The zero-order valence-corrected chi connectivity index (χ0v) is 30.5. The van der Waals surface area contributed by atoms with Crippen LogP contribution in [0.25, 0.3) is 111 Å². The molecule has 57 heavy (non-hydrogen) atoms. The van der Waals surface area contributed by atoms with Crippen LogP contribution in [0.1, 0.15) is 0 Å². The summed E-state index contributed by atoms with van der Waals surface area (Å²) in [5, 5.41) is 6.64. The van der Waals surface area contributed by atoms with Crippen molar-refractivity contribution in [2.24, 2.45) is 0 Å². The number of benzene rings is 8. The lowest BCUT2D eigenvalue weighted by Crippen LogP contribution is -2.07. The summed E-state index contributed by atoms with van der Waals surface area (Å²) in [4.78, 5) is 15.9. The molecular weight excluding hydrogens is 699 g/mol. The molecule has 12 rings (SSSR count). The Hall–Kier alpha value is -7.83. The molecule has 0 unspecified atom stereocenters. The van der Waals surface area contributed by atoms with E-state index in [1.54, 1.807) is 0 Å². The van der Waals surface area contributed by atoms with Gasteiger partial charge in [0, 0.05) is 43.6 Å². The lowest BCUT2D eigenvalue weighted by atomic mass is 10.0. The van der Waals surface area contributed by atoms with Crippen molar-refractivity contribution in [1.29, 1.82) is 0 Å². The molecule has 4 aromatic heterocycles. The summed E-state index contributed by atoms with van der Waals surface area (Å²) in [6.45, 7) is 0. The minimum absolute atomic E-state index is 0.530. The quantitative estimate of drug-likeness (QED) is 0.177. The largest absolute Gasteiger partial charge is 0.455 e.